The quantitative estimate of drug-likeness (QED) is 0.689. The molecular weight excluding hydrogens is 282 g/mol. The van der Waals surface area contributed by atoms with Crippen molar-refractivity contribution in [3.8, 4) is 0 Å². The molecule has 2 aliphatic heterocycles. The minimum absolute atomic E-state index is 0. The second kappa shape index (κ2) is 19.9. The van der Waals surface area contributed by atoms with Gasteiger partial charge in [0.1, 0.15) is 0 Å². The van der Waals surface area contributed by atoms with Crippen LogP contribution in [0.2, 0.25) is 0 Å². The molecular formula is C20H53N3. The fourth-order valence-corrected chi connectivity index (χ4v) is 2.63. The van der Waals surface area contributed by atoms with Crippen molar-refractivity contribution in [2.75, 3.05) is 59.9 Å². The van der Waals surface area contributed by atoms with Crippen LogP contribution in [0.3, 0.4) is 0 Å². The van der Waals surface area contributed by atoms with Crippen LogP contribution in [0.15, 0.2) is 0 Å². The fourth-order valence-electron chi connectivity index (χ4n) is 2.63. The second-order valence-electron chi connectivity index (χ2n) is 5.89. The molecule has 0 aliphatic carbocycles. The molecule has 2 aliphatic rings. The Balaban J connectivity index is -0.0000000771. The molecule has 0 atom stereocenters. The molecule has 0 radical (unpaired) electrons. The highest BCUT2D eigenvalue weighted by Gasteiger charge is 2.13. The molecule has 2 fully saturated rings. The number of likely N-dealkylation sites (tertiary alicyclic amines) is 1. The van der Waals surface area contributed by atoms with Gasteiger partial charge in [0.25, 0.3) is 0 Å². The van der Waals surface area contributed by atoms with Crippen molar-refractivity contribution in [1.29, 1.82) is 0 Å². The van der Waals surface area contributed by atoms with E-state index in [9.17, 15) is 0 Å². The van der Waals surface area contributed by atoms with Gasteiger partial charge >= 0.3 is 0 Å². The summed E-state index contributed by atoms with van der Waals surface area (Å²) in [6, 6.07) is 0. The van der Waals surface area contributed by atoms with E-state index in [1.807, 2.05) is 0 Å². The van der Waals surface area contributed by atoms with Crippen LogP contribution < -0.4 is 0 Å². The predicted molar refractivity (Wildman–Crippen MR) is 114 cm³/mol. The SMILES string of the molecule is C.C.C.C.C.CCC1CCN(C)CC1.CCN1CCN(C)CC1. The normalized spacial score (nSPS) is 19.3. The maximum atomic E-state index is 2.49. The van der Waals surface area contributed by atoms with Gasteiger partial charge < -0.3 is 14.7 Å². The van der Waals surface area contributed by atoms with E-state index in [0.717, 1.165) is 5.92 Å². The summed E-state index contributed by atoms with van der Waals surface area (Å²) in [5.41, 5.74) is 0. The molecule has 0 aromatic carbocycles. The van der Waals surface area contributed by atoms with Gasteiger partial charge in [-0.15, -0.1) is 0 Å². The van der Waals surface area contributed by atoms with E-state index in [1.54, 1.807) is 0 Å². The predicted octanol–water partition coefficient (Wildman–Crippen LogP) is 5.17. The maximum absolute atomic E-state index is 2.49. The number of likely N-dealkylation sites (N-methyl/N-ethyl adjacent to an activating group) is 2. The lowest BCUT2D eigenvalue weighted by Gasteiger charge is -2.31. The Hall–Kier alpha value is -0.120. The van der Waals surface area contributed by atoms with Crippen LogP contribution in [-0.4, -0.2) is 74.6 Å². The molecule has 0 amide bonds. The smallest absolute Gasteiger partial charge is 0.0110 e. The van der Waals surface area contributed by atoms with Gasteiger partial charge in [-0.3, -0.25) is 0 Å². The first-order valence-electron chi connectivity index (χ1n) is 7.75. The summed E-state index contributed by atoms with van der Waals surface area (Å²) in [5, 5.41) is 0. The van der Waals surface area contributed by atoms with Crippen molar-refractivity contribution >= 4 is 0 Å². The third-order valence-electron chi connectivity index (χ3n) is 4.46. The number of hydrogen-bond donors (Lipinski definition) is 0. The third-order valence-corrected chi connectivity index (χ3v) is 4.46. The highest BCUT2D eigenvalue weighted by Crippen LogP contribution is 2.18. The van der Waals surface area contributed by atoms with E-state index in [2.05, 4.69) is 42.6 Å². The van der Waals surface area contributed by atoms with Crippen LogP contribution in [0.5, 0.6) is 0 Å². The summed E-state index contributed by atoms with van der Waals surface area (Å²) >= 11 is 0. The minimum atomic E-state index is 0. The van der Waals surface area contributed by atoms with Gasteiger partial charge in [-0.25, -0.2) is 0 Å². The van der Waals surface area contributed by atoms with Gasteiger partial charge in [-0.05, 0) is 52.5 Å². The number of rotatable bonds is 2. The van der Waals surface area contributed by atoms with Crippen LogP contribution in [0.25, 0.3) is 0 Å². The van der Waals surface area contributed by atoms with Crippen molar-refractivity contribution in [3.05, 3.63) is 0 Å². The van der Waals surface area contributed by atoms with Crippen molar-refractivity contribution < 1.29 is 0 Å². The van der Waals surface area contributed by atoms with Crippen molar-refractivity contribution in [3.63, 3.8) is 0 Å². The van der Waals surface area contributed by atoms with E-state index < -0.39 is 0 Å². The lowest BCUT2D eigenvalue weighted by molar-refractivity contribution is 0.160. The zero-order valence-electron chi connectivity index (χ0n) is 13.0. The van der Waals surface area contributed by atoms with Crippen LogP contribution in [0, 0.1) is 5.92 Å². The van der Waals surface area contributed by atoms with E-state index in [1.165, 1.54) is 65.1 Å². The lowest BCUT2D eigenvalue weighted by atomic mass is 9.95. The largest absolute Gasteiger partial charge is 0.306 e. The van der Waals surface area contributed by atoms with Crippen LogP contribution >= 0.6 is 0 Å². The number of nitrogens with zero attached hydrogens (tertiary/aromatic N) is 3. The summed E-state index contributed by atoms with van der Waals surface area (Å²) in [4.78, 5) is 7.29. The monoisotopic (exact) mass is 335 g/mol. The Kier molecular flexibility index (Phi) is 29.7. The fraction of sp³-hybridized carbons (Fsp3) is 1.00. The summed E-state index contributed by atoms with van der Waals surface area (Å²) in [6.45, 7) is 13.4. The van der Waals surface area contributed by atoms with Crippen molar-refractivity contribution in [2.24, 2.45) is 5.92 Å². The number of piperazine rings is 1. The first-order chi connectivity index (χ1) is 8.65. The molecule has 0 N–H and O–H groups in total. The van der Waals surface area contributed by atoms with E-state index in [4.69, 9.17) is 0 Å². The highest BCUT2D eigenvalue weighted by atomic mass is 15.2. The maximum Gasteiger partial charge on any atom is 0.0110 e. The molecule has 148 valence electrons. The second-order valence-corrected chi connectivity index (χ2v) is 5.89. The average molecular weight is 336 g/mol. The third kappa shape index (κ3) is 15.2. The molecule has 0 unspecified atom stereocenters. The molecule has 2 rings (SSSR count). The Labute approximate surface area is 151 Å². The van der Waals surface area contributed by atoms with Gasteiger partial charge in [0.15, 0.2) is 0 Å². The zero-order valence-corrected chi connectivity index (χ0v) is 13.0. The Bertz CT molecular complexity index is 171. The molecule has 0 aromatic rings. The van der Waals surface area contributed by atoms with Crippen LogP contribution in [0.1, 0.15) is 70.2 Å². The van der Waals surface area contributed by atoms with E-state index >= 15 is 0 Å². The van der Waals surface area contributed by atoms with Gasteiger partial charge in [-0.1, -0.05) is 57.4 Å². The summed E-state index contributed by atoms with van der Waals surface area (Å²) in [6.07, 6.45) is 4.23. The van der Waals surface area contributed by atoms with Gasteiger partial charge in [0, 0.05) is 26.2 Å². The van der Waals surface area contributed by atoms with Crippen molar-refractivity contribution in [1.82, 2.24) is 14.7 Å². The molecule has 3 heteroatoms. The Morgan fingerprint density at radius 3 is 1.39 bits per heavy atom. The zero-order chi connectivity index (χ0) is 13.4. The first kappa shape index (κ1) is 34.3. The van der Waals surface area contributed by atoms with Crippen LogP contribution in [0.4, 0.5) is 0 Å². The molecule has 0 saturated carbocycles. The molecule has 2 heterocycles. The highest BCUT2D eigenvalue weighted by molar-refractivity contribution is 4.68. The summed E-state index contributed by atoms with van der Waals surface area (Å²) in [7, 11) is 4.40. The van der Waals surface area contributed by atoms with Gasteiger partial charge in [0.05, 0.1) is 0 Å². The summed E-state index contributed by atoms with van der Waals surface area (Å²) in [5.74, 6) is 1.03. The lowest BCUT2D eigenvalue weighted by Crippen LogP contribution is -2.44. The molecule has 0 bridgehead atoms. The van der Waals surface area contributed by atoms with Gasteiger partial charge in [0.2, 0.25) is 0 Å². The molecule has 2 saturated heterocycles. The number of hydrogen-bond acceptors (Lipinski definition) is 3. The standard InChI is InChI=1S/C8H17N.C7H16N2.5CH4/c1-3-8-4-6-9(2)7-5-8;1-3-9-6-4-8(2)5-7-9;;;;;/h8H,3-7H2,1-2H3;3-7H2,1-2H3;5*1H4. The molecule has 0 aromatic heterocycles. The molecule has 3 nitrogen and oxygen atoms in total. The topological polar surface area (TPSA) is 9.72 Å². The number of piperidine rings is 1. The Morgan fingerprint density at radius 2 is 1.04 bits per heavy atom. The Morgan fingerprint density at radius 1 is 0.652 bits per heavy atom. The molecule has 23 heavy (non-hydrogen) atoms. The minimum Gasteiger partial charge on any atom is -0.306 e. The van der Waals surface area contributed by atoms with E-state index in [-0.39, 0.29) is 37.1 Å². The summed E-state index contributed by atoms with van der Waals surface area (Å²) < 4.78 is 0. The van der Waals surface area contributed by atoms with E-state index in [0.29, 0.717) is 0 Å². The van der Waals surface area contributed by atoms with Crippen LogP contribution in [-0.2, 0) is 0 Å². The van der Waals surface area contributed by atoms with Gasteiger partial charge in [-0.2, -0.15) is 0 Å². The average Bonchev–Trinajstić information content (AvgIpc) is 2.41. The molecule has 0 spiro atoms. The van der Waals surface area contributed by atoms with Crippen molar-refractivity contribution in [2.45, 2.75) is 70.2 Å². The first-order valence-corrected chi connectivity index (χ1v) is 7.75.